The van der Waals surface area contributed by atoms with Crippen LogP contribution in [-0.4, -0.2) is 35.8 Å². The largest absolute Gasteiger partial charge is 0.325 e. The zero-order valence-corrected chi connectivity index (χ0v) is 14.6. The topological polar surface area (TPSA) is 40.6 Å². The van der Waals surface area contributed by atoms with Crippen LogP contribution in [0.15, 0.2) is 48.5 Å². The van der Waals surface area contributed by atoms with Gasteiger partial charge in [0, 0.05) is 23.8 Å². The molecule has 1 heterocycles. The van der Waals surface area contributed by atoms with Crippen LogP contribution in [0.1, 0.15) is 17.3 Å². The second kappa shape index (κ2) is 6.83. The number of piperazine rings is 1. The quantitative estimate of drug-likeness (QED) is 0.813. The van der Waals surface area contributed by atoms with E-state index in [0.717, 1.165) is 5.69 Å². The molecule has 2 aromatic rings. The number of carbonyl (C=O) groups is 2. The number of rotatable bonds is 2. The summed E-state index contributed by atoms with van der Waals surface area (Å²) in [5.74, 6) is -0.346. The summed E-state index contributed by atoms with van der Waals surface area (Å²) in [5, 5.41) is 1.01. The molecule has 0 bridgehead atoms. The third-order valence-electron chi connectivity index (χ3n) is 4.16. The van der Waals surface area contributed by atoms with Crippen molar-refractivity contribution in [2.45, 2.75) is 13.0 Å². The van der Waals surface area contributed by atoms with E-state index in [4.69, 9.17) is 23.2 Å². The van der Waals surface area contributed by atoms with Gasteiger partial charge in [0.2, 0.25) is 5.91 Å². The number of nitrogens with zero attached hydrogens (tertiary/aromatic N) is 2. The highest BCUT2D eigenvalue weighted by Crippen LogP contribution is 2.25. The number of anilines is 1. The average molecular weight is 363 g/mol. The second-order valence-corrected chi connectivity index (χ2v) is 6.46. The van der Waals surface area contributed by atoms with Gasteiger partial charge in [-0.15, -0.1) is 0 Å². The van der Waals surface area contributed by atoms with Crippen molar-refractivity contribution >= 4 is 40.7 Å². The van der Waals surface area contributed by atoms with Crippen LogP contribution in [-0.2, 0) is 4.79 Å². The molecular weight excluding hydrogens is 347 g/mol. The summed E-state index contributed by atoms with van der Waals surface area (Å²) < 4.78 is 0. The number of benzene rings is 2. The van der Waals surface area contributed by atoms with Crippen LogP contribution in [0.4, 0.5) is 5.69 Å². The van der Waals surface area contributed by atoms with Crippen LogP contribution < -0.4 is 4.90 Å². The lowest BCUT2D eigenvalue weighted by atomic mass is 10.1. The highest BCUT2D eigenvalue weighted by molar-refractivity contribution is 6.34. The van der Waals surface area contributed by atoms with Crippen LogP contribution in [0.3, 0.4) is 0 Å². The Balaban J connectivity index is 1.81. The second-order valence-electron chi connectivity index (χ2n) is 5.62. The standard InChI is InChI=1S/C18H16Cl2N2O2/c1-12-17(23)22(14-8-6-13(19)7-9-14)11-10-21(12)18(24)15-4-2-3-5-16(15)20/h2-9,12H,10-11H2,1H3. The van der Waals surface area contributed by atoms with Gasteiger partial charge in [0.1, 0.15) is 6.04 Å². The number of halogens is 2. The number of carbonyl (C=O) groups excluding carboxylic acids is 2. The predicted octanol–water partition coefficient (Wildman–Crippen LogP) is 3.87. The van der Waals surface area contributed by atoms with Crippen molar-refractivity contribution in [2.75, 3.05) is 18.0 Å². The maximum atomic E-state index is 12.7. The zero-order valence-electron chi connectivity index (χ0n) is 13.1. The van der Waals surface area contributed by atoms with Crippen LogP contribution in [0, 0.1) is 0 Å². The molecule has 0 aliphatic carbocycles. The molecule has 124 valence electrons. The van der Waals surface area contributed by atoms with Crippen molar-refractivity contribution in [3.8, 4) is 0 Å². The lowest BCUT2D eigenvalue weighted by molar-refractivity contribution is -0.124. The Hall–Kier alpha value is -2.04. The fourth-order valence-electron chi connectivity index (χ4n) is 2.81. The molecule has 1 saturated heterocycles. The highest BCUT2D eigenvalue weighted by Gasteiger charge is 2.35. The molecule has 0 N–H and O–H groups in total. The Labute approximate surface area is 150 Å². The molecule has 3 rings (SSSR count). The van der Waals surface area contributed by atoms with E-state index in [1.165, 1.54) is 0 Å². The van der Waals surface area contributed by atoms with Crippen molar-refractivity contribution in [2.24, 2.45) is 0 Å². The maximum absolute atomic E-state index is 12.7. The summed E-state index contributed by atoms with van der Waals surface area (Å²) in [6, 6.07) is 13.4. The summed E-state index contributed by atoms with van der Waals surface area (Å²) in [7, 11) is 0. The Bertz CT molecular complexity index is 777. The molecule has 0 spiro atoms. The molecule has 4 nitrogen and oxygen atoms in total. The Kier molecular flexibility index (Phi) is 4.78. The van der Waals surface area contributed by atoms with Gasteiger partial charge in [-0.05, 0) is 43.3 Å². The van der Waals surface area contributed by atoms with Gasteiger partial charge >= 0.3 is 0 Å². The number of amides is 2. The molecular formula is C18H16Cl2N2O2. The molecule has 0 radical (unpaired) electrons. The smallest absolute Gasteiger partial charge is 0.256 e. The summed E-state index contributed by atoms with van der Waals surface area (Å²) in [4.78, 5) is 28.7. The zero-order chi connectivity index (χ0) is 17.3. The lowest BCUT2D eigenvalue weighted by Gasteiger charge is -2.39. The number of hydrogen-bond donors (Lipinski definition) is 0. The minimum Gasteiger partial charge on any atom is -0.325 e. The average Bonchev–Trinajstić information content (AvgIpc) is 2.58. The SMILES string of the molecule is CC1C(=O)N(c2ccc(Cl)cc2)CCN1C(=O)c1ccccc1Cl. The minimum absolute atomic E-state index is 0.121. The van der Waals surface area contributed by atoms with Crippen LogP contribution in [0.5, 0.6) is 0 Å². The van der Waals surface area contributed by atoms with E-state index in [9.17, 15) is 9.59 Å². The van der Waals surface area contributed by atoms with Gasteiger partial charge in [-0.25, -0.2) is 0 Å². The van der Waals surface area contributed by atoms with Gasteiger partial charge in [0.05, 0.1) is 10.6 Å². The molecule has 2 aromatic carbocycles. The Morgan fingerprint density at radius 1 is 1.04 bits per heavy atom. The minimum atomic E-state index is -0.557. The summed E-state index contributed by atoms with van der Waals surface area (Å²) >= 11 is 12.0. The van der Waals surface area contributed by atoms with Gasteiger partial charge in [0.25, 0.3) is 5.91 Å². The van der Waals surface area contributed by atoms with Crippen LogP contribution in [0.2, 0.25) is 10.0 Å². The summed E-state index contributed by atoms with van der Waals surface area (Å²) in [6.45, 7) is 2.61. The molecule has 0 saturated carbocycles. The third-order valence-corrected chi connectivity index (χ3v) is 4.74. The van der Waals surface area contributed by atoms with E-state index >= 15 is 0 Å². The fraction of sp³-hybridized carbons (Fsp3) is 0.222. The van der Waals surface area contributed by atoms with Crippen molar-refractivity contribution in [3.05, 3.63) is 64.1 Å². The first-order valence-electron chi connectivity index (χ1n) is 7.61. The third kappa shape index (κ3) is 3.12. The van der Waals surface area contributed by atoms with Gasteiger partial charge in [0.15, 0.2) is 0 Å². The molecule has 0 aromatic heterocycles. The predicted molar refractivity (Wildman–Crippen MR) is 95.8 cm³/mol. The normalized spacial score (nSPS) is 18.0. The summed E-state index contributed by atoms with van der Waals surface area (Å²) in [6.07, 6.45) is 0. The van der Waals surface area contributed by atoms with E-state index in [1.807, 2.05) is 0 Å². The lowest BCUT2D eigenvalue weighted by Crippen LogP contribution is -2.57. The van der Waals surface area contributed by atoms with Crippen molar-refractivity contribution < 1.29 is 9.59 Å². The number of hydrogen-bond acceptors (Lipinski definition) is 2. The molecule has 1 atom stereocenters. The van der Waals surface area contributed by atoms with Crippen LogP contribution in [0.25, 0.3) is 0 Å². The summed E-state index contributed by atoms with van der Waals surface area (Å²) in [5.41, 5.74) is 1.19. The maximum Gasteiger partial charge on any atom is 0.256 e. The molecule has 1 aliphatic rings. The molecule has 1 fully saturated rings. The van der Waals surface area contributed by atoms with Gasteiger partial charge in [-0.1, -0.05) is 35.3 Å². The monoisotopic (exact) mass is 362 g/mol. The molecule has 24 heavy (non-hydrogen) atoms. The Morgan fingerprint density at radius 3 is 2.38 bits per heavy atom. The van der Waals surface area contributed by atoms with E-state index in [0.29, 0.717) is 28.7 Å². The molecule has 1 unspecified atom stereocenters. The van der Waals surface area contributed by atoms with E-state index in [-0.39, 0.29) is 11.8 Å². The van der Waals surface area contributed by atoms with Crippen molar-refractivity contribution in [3.63, 3.8) is 0 Å². The van der Waals surface area contributed by atoms with Crippen LogP contribution >= 0.6 is 23.2 Å². The molecule has 2 amide bonds. The molecule has 1 aliphatic heterocycles. The van der Waals surface area contributed by atoms with E-state index in [1.54, 1.807) is 65.3 Å². The Morgan fingerprint density at radius 2 is 1.71 bits per heavy atom. The first-order chi connectivity index (χ1) is 11.5. The van der Waals surface area contributed by atoms with Gasteiger partial charge in [-0.2, -0.15) is 0 Å². The van der Waals surface area contributed by atoms with E-state index < -0.39 is 6.04 Å². The van der Waals surface area contributed by atoms with Gasteiger partial charge < -0.3 is 9.80 Å². The highest BCUT2D eigenvalue weighted by atomic mass is 35.5. The first kappa shape index (κ1) is 16.8. The van der Waals surface area contributed by atoms with Crippen molar-refractivity contribution in [1.29, 1.82) is 0 Å². The van der Waals surface area contributed by atoms with E-state index in [2.05, 4.69) is 0 Å². The fourth-order valence-corrected chi connectivity index (χ4v) is 3.16. The molecule has 6 heteroatoms. The van der Waals surface area contributed by atoms with Gasteiger partial charge in [-0.3, -0.25) is 9.59 Å². The van der Waals surface area contributed by atoms with Crippen molar-refractivity contribution in [1.82, 2.24) is 4.90 Å². The first-order valence-corrected chi connectivity index (χ1v) is 8.37.